The Hall–Kier alpha value is -0.600. The van der Waals surface area contributed by atoms with Gasteiger partial charge >= 0.3 is 0 Å². The zero-order chi connectivity index (χ0) is 14.1. The molecule has 1 unspecified atom stereocenters. The Morgan fingerprint density at radius 3 is 1.65 bits per heavy atom. The maximum Gasteiger partial charge on any atom is 0.266 e. The van der Waals surface area contributed by atoms with E-state index in [1.165, 1.54) is 0 Å². The van der Waals surface area contributed by atoms with Gasteiger partial charge in [0, 0.05) is 19.3 Å². The van der Waals surface area contributed by atoms with Gasteiger partial charge in [0.25, 0.3) is 5.54 Å². The smallest absolute Gasteiger partial charge is 0.226 e. The molecule has 0 fully saturated rings. The highest BCUT2D eigenvalue weighted by Gasteiger charge is 2.50. The van der Waals surface area contributed by atoms with E-state index in [1.54, 1.807) is 0 Å². The topological polar surface area (TPSA) is 29.3 Å². The van der Waals surface area contributed by atoms with E-state index in [2.05, 4.69) is 34.6 Å². The fourth-order valence-corrected chi connectivity index (χ4v) is 1.91. The SMILES string of the molecule is CC(C)C(C)(CC(C)(C)C)[N+](=O)OC(C)(C)C. The van der Waals surface area contributed by atoms with Crippen molar-refractivity contribution in [3.8, 4) is 0 Å². The van der Waals surface area contributed by atoms with E-state index < -0.39 is 11.1 Å². The summed E-state index contributed by atoms with van der Waals surface area (Å²) in [7, 11) is 0. The highest BCUT2D eigenvalue weighted by atomic mass is 16.8. The average molecular weight is 244 g/mol. The van der Waals surface area contributed by atoms with Crippen molar-refractivity contribution in [2.24, 2.45) is 11.3 Å². The van der Waals surface area contributed by atoms with E-state index in [0.29, 0.717) is 0 Å². The monoisotopic (exact) mass is 244 g/mol. The number of rotatable bonds is 4. The molecule has 17 heavy (non-hydrogen) atoms. The van der Waals surface area contributed by atoms with Gasteiger partial charge in [0.05, 0.1) is 4.91 Å². The van der Waals surface area contributed by atoms with Crippen LogP contribution in [0.2, 0.25) is 0 Å². The molecule has 0 heterocycles. The fourth-order valence-electron chi connectivity index (χ4n) is 1.91. The van der Waals surface area contributed by atoms with Gasteiger partial charge in [0.2, 0.25) is 4.92 Å². The van der Waals surface area contributed by atoms with Gasteiger partial charge in [-0.3, -0.25) is 0 Å². The lowest BCUT2D eigenvalue weighted by atomic mass is 9.75. The number of nitrogens with zero attached hydrogens (tertiary/aromatic N) is 1. The summed E-state index contributed by atoms with van der Waals surface area (Å²) in [6.07, 6.45) is 0.803. The minimum absolute atomic E-state index is 0.100. The molecule has 3 heteroatoms. The van der Waals surface area contributed by atoms with Crippen molar-refractivity contribution in [2.75, 3.05) is 0 Å². The van der Waals surface area contributed by atoms with E-state index >= 15 is 0 Å². The van der Waals surface area contributed by atoms with Gasteiger partial charge in [-0.15, -0.1) is 0 Å². The fraction of sp³-hybridized carbons (Fsp3) is 1.00. The molecular formula is C14H30NO2+. The second kappa shape index (κ2) is 4.95. The van der Waals surface area contributed by atoms with Crippen LogP contribution < -0.4 is 0 Å². The Balaban J connectivity index is 5.03. The van der Waals surface area contributed by atoms with E-state index in [4.69, 9.17) is 4.84 Å². The number of hydrogen-bond donors (Lipinski definition) is 0. The van der Waals surface area contributed by atoms with Crippen molar-refractivity contribution in [1.29, 1.82) is 0 Å². The molecule has 0 radical (unpaired) electrons. The summed E-state index contributed by atoms with van der Waals surface area (Å²) >= 11 is 0. The third-order valence-electron chi connectivity index (χ3n) is 2.91. The molecule has 0 bridgehead atoms. The molecule has 0 N–H and O–H groups in total. The van der Waals surface area contributed by atoms with Crippen LogP contribution in [0.3, 0.4) is 0 Å². The van der Waals surface area contributed by atoms with Crippen LogP contribution in [-0.2, 0) is 4.84 Å². The first-order valence-corrected chi connectivity index (χ1v) is 6.44. The van der Waals surface area contributed by atoms with Gasteiger partial charge in [0.1, 0.15) is 0 Å². The van der Waals surface area contributed by atoms with E-state index in [0.717, 1.165) is 11.3 Å². The maximum absolute atomic E-state index is 12.3. The van der Waals surface area contributed by atoms with Crippen LogP contribution in [0.4, 0.5) is 0 Å². The quantitative estimate of drug-likeness (QED) is 0.688. The van der Waals surface area contributed by atoms with E-state index in [-0.39, 0.29) is 11.3 Å². The molecule has 0 saturated heterocycles. The third kappa shape index (κ3) is 5.51. The van der Waals surface area contributed by atoms with E-state index in [1.807, 2.05) is 27.7 Å². The van der Waals surface area contributed by atoms with Crippen molar-refractivity contribution >= 4 is 0 Å². The standard InChI is InChI=1S/C14H30NO2/c1-11(2)14(9,10-12(3,4)5)15(16)17-13(6,7)8/h11H,10H2,1-9H3/q+1. The molecule has 0 saturated carbocycles. The van der Waals surface area contributed by atoms with E-state index in [9.17, 15) is 4.91 Å². The highest BCUT2D eigenvalue weighted by molar-refractivity contribution is 4.82. The molecule has 0 aromatic carbocycles. The molecule has 0 aromatic heterocycles. The van der Waals surface area contributed by atoms with Gasteiger partial charge in [-0.25, -0.2) is 4.84 Å². The molecule has 0 aliphatic carbocycles. The van der Waals surface area contributed by atoms with Crippen molar-refractivity contribution in [3.05, 3.63) is 4.91 Å². The predicted octanol–water partition coefficient (Wildman–Crippen LogP) is 4.35. The molecule has 3 nitrogen and oxygen atoms in total. The summed E-state index contributed by atoms with van der Waals surface area (Å²) in [5.74, 6) is 0.238. The first-order valence-electron chi connectivity index (χ1n) is 6.44. The summed E-state index contributed by atoms with van der Waals surface area (Å²) in [5, 5.41) is 0. The highest BCUT2D eigenvalue weighted by Crippen LogP contribution is 2.35. The summed E-state index contributed by atoms with van der Waals surface area (Å²) in [6, 6.07) is 0. The Kier molecular flexibility index (Phi) is 4.77. The van der Waals surface area contributed by atoms with Gasteiger partial charge in [-0.2, -0.15) is 0 Å². The van der Waals surface area contributed by atoms with Gasteiger partial charge in [0.15, 0.2) is 5.60 Å². The molecule has 0 aromatic rings. The minimum atomic E-state index is -0.495. The second-order valence-electron chi connectivity index (χ2n) is 7.71. The Morgan fingerprint density at radius 1 is 1.00 bits per heavy atom. The molecule has 0 rings (SSSR count). The lowest BCUT2D eigenvalue weighted by molar-refractivity contribution is -0.871. The van der Waals surface area contributed by atoms with Crippen LogP contribution in [0.25, 0.3) is 0 Å². The third-order valence-corrected chi connectivity index (χ3v) is 2.91. The summed E-state index contributed by atoms with van der Waals surface area (Å²) in [4.78, 5) is 18.6. The maximum atomic E-state index is 12.3. The minimum Gasteiger partial charge on any atom is -0.226 e. The van der Waals surface area contributed by atoms with Gasteiger partial charge < -0.3 is 0 Å². The van der Waals surface area contributed by atoms with Crippen LogP contribution in [0.15, 0.2) is 0 Å². The summed E-state index contributed by atoms with van der Waals surface area (Å²) in [5.41, 5.74) is -0.843. The Bertz CT molecular complexity index is 271. The van der Waals surface area contributed by atoms with Crippen molar-refractivity contribution in [3.63, 3.8) is 0 Å². The zero-order valence-corrected chi connectivity index (χ0v) is 13.0. The first-order chi connectivity index (χ1) is 7.28. The molecule has 1 atom stereocenters. The molecule has 0 aliphatic heterocycles. The van der Waals surface area contributed by atoms with Crippen LogP contribution in [-0.4, -0.2) is 16.1 Å². The van der Waals surface area contributed by atoms with Crippen molar-refractivity contribution < 1.29 is 9.76 Å². The van der Waals surface area contributed by atoms with Crippen LogP contribution in [0.1, 0.15) is 68.7 Å². The normalized spacial score (nSPS) is 16.8. The second-order valence-corrected chi connectivity index (χ2v) is 7.71. The van der Waals surface area contributed by atoms with Crippen LogP contribution in [0.5, 0.6) is 0 Å². The average Bonchev–Trinajstić information content (AvgIpc) is 1.96. The first kappa shape index (κ1) is 16.4. The predicted molar refractivity (Wildman–Crippen MR) is 71.8 cm³/mol. The molecular weight excluding hydrogens is 214 g/mol. The zero-order valence-electron chi connectivity index (χ0n) is 13.0. The van der Waals surface area contributed by atoms with Crippen molar-refractivity contribution in [2.45, 2.75) is 79.9 Å². The summed E-state index contributed by atoms with van der Waals surface area (Å²) in [6.45, 7) is 18.3. The largest absolute Gasteiger partial charge is 0.266 e. The lowest BCUT2D eigenvalue weighted by Gasteiger charge is -2.31. The lowest BCUT2D eigenvalue weighted by Crippen LogP contribution is -2.48. The van der Waals surface area contributed by atoms with Crippen LogP contribution >= 0.6 is 0 Å². The Labute approximate surface area is 106 Å². The van der Waals surface area contributed by atoms with Gasteiger partial charge in [-0.05, 0) is 26.2 Å². The summed E-state index contributed by atoms with van der Waals surface area (Å²) < 4.78 is 0. The number of hydrogen-bond acceptors (Lipinski definition) is 2. The van der Waals surface area contributed by atoms with Crippen molar-refractivity contribution in [1.82, 2.24) is 0 Å². The molecule has 0 aliphatic rings. The molecule has 102 valence electrons. The van der Waals surface area contributed by atoms with Crippen LogP contribution in [0, 0.1) is 16.2 Å². The molecule has 0 amide bonds. The molecule has 0 spiro atoms. The Morgan fingerprint density at radius 2 is 1.41 bits per heavy atom. The van der Waals surface area contributed by atoms with Gasteiger partial charge in [-0.1, -0.05) is 34.6 Å².